The van der Waals surface area contributed by atoms with Crippen molar-refractivity contribution in [2.75, 3.05) is 0 Å². The van der Waals surface area contributed by atoms with Crippen molar-refractivity contribution in [1.29, 1.82) is 0 Å². The molecule has 1 aromatic carbocycles. The topological polar surface area (TPSA) is 29.4 Å². The number of hydrogen-bond acceptors (Lipinski definition) is 2. The Morgan fingerprint density at radius 3 is 2.47 bits per heavy atom. The van der Waals surface area contributed by atoms with Crippen molar-refractivity contribution in [2.24, 2.45) is 4.99 Å². The molecular weight excluding hydrogens is 309 g/mol. The number of carbonyl (C=O) groups excluding carboxylic acids is 1. The molecule has 0 aliphatic heterocycles. The molecule has 1 fully saturated rings. The Morgan fingerprint density at radius 1 is 1.37 bits per heavy atom. The zero-order valence-corrected chi connectivity index (χ0v) is 12.8. The molecule has 19 heavy (non-hydrogen) atoms. The average molecular weight is 326 g/mol. The molecule has 0 unspecified atom stereocenters. The van der Waals surface area contributed by atoms with E-state index in [1.165, 1.54) is 13.8 Å². The van der Waals surface area contributed by atoms with Crippen LogP contribution in [0.4, 0.5) is 4.39 Å². The minimum Gasteiger partial charge on any atom is -0.239 e. The predicted molar refractivity (Wildman–Crippen MR) is 76.5 cm³/mol. The Kier molecular flexibility index (Phi) is 3.93. The Hall–Kier alpha value is -0.990. The van der Waals surface area contributed by atoms with Gasteiger partial charge in [0.1, 0.15) is 5.67 Å². The summed E-state index contributed by atoms with van der Waals surface area (Å²) in [5, 5.41) is 0. The predicted octanol–water partition coefficient (Wildman–Crippen LogP) is 4.76. The van der Waals surface area contributed by atoms with Crippen LogP contribution in [0.2, 0.25) is 0 Å². The second-order valence-electron chi connectivity index (χ2n) is 5.61. The minimum absolute atomic E-state index is 0.455. The average Bonchev–Trinajstić information content (AvgIpc) is 2.77. The summed E-state index contributed by atoms with van der Waals surface area (Å²) in [6, 6.07) is 5.55. The van der Waals surface area contributed by atoms with E-state index in [0.29, 0.717) is 5.56 Å². The van der Waals surface area contributed by atoms with E-state index >= 15 is 0 Å². The number of rotatable bonds is 3. The molecule has 0 heterocycles. The van der Waals surface area contributed by atoms with Gasteiger partial charge in [0.05, 0.1) is 5.54 Å². The number of aliphatic imine (C=N–C) groups is 1. The molecule has 2 rings (SSSR count). The van der Waals surface area contributed by atoms with E-state index in [0.717, 1.165) is 35.7 Å². The molecule has 0 bridgehead atoms. The second-order valence-corrected chi connectivity index (χ2v) is 6.46. The highest BCUT2D eigenvalue weighted by molar-refractivity contribution is 9.10. The lowest BCUT2D eigenvalue weighted by Crippen LogP contribution is -2.20. The molecule has 0 radical (unpaired) electrons. The maximum Gasteiger partial charge on any atom is 0.235 e. The van der Waals surface area contributed by atoms with Gasteiger partial charge in [-0.2, -0.15) is 4.99 Å². The van der Waals surface area contributed by atoms with Crippen molar-refractivity contribution in [3.8, 4) is 0 Å². The molecule has 0 N–H and O–H groups in total. The third-order valence-electron chi connectivity index (χ3n) is 3.84. The van der Waals surface area contributed by atoms with Crippen molar-refractivity contribution >= 4 is 22.0 Å². The zero-order chi connectivity index (χ0) is 14.1. The summed E-state index contributed by atoms with van der Waals surface area (Å²) < 4.78 is 14.7. The number of halogens is 2. The van der Waals surface area contributed by atoms with Gasteiger partial charge in [-0.15, -0.1) is 0 Å². The fraction of sp³-hybridized carbons (Fsp3) is 0.533. The summed E-state index contributed by atoms with van der Waals surface area (Å²) in [6.45, 7) is 3.06. The van der Waals surface area contributed by atoms with Crippen molar-refractivity contribution in [2.45, 2.75) is 50.7 Å². The highest BCUT2D eigenvalue weighted by Gasteiger charge is 2.36. The van der Waals surface area contributed by atoms with Gasteiger partial charge >= 0.3 is 0 Å². The van der Waals surface area contributed by atoms with Crippen molar-refractivity contribution in [1.82, 2.24) is 0 Å². The lowest BCUT2D eigenvalue weighted by atomic mass is 9.87. The van der Waals surface area contributed by atoms with E-state index in [-0.39, 0.29) is 0 Å². The summed E-state index contributed by atoms with van der Waals surface area (Å²) >= 11 is 3.43. The Morgan fingerprint density at radius 2 is 2.00 bits per heavy atom. The summed E-state index contributed by atoms with van der Waals surface area (Å²) in [5.41, 5.74) is -0.273. The number of benzene rings is 1. The number of nitrogens with zero attached hydrogens (tertiary/aromatic N) is 1. The van der Waals surface area contributed by atoms with Gasteiger partial charge < -0.3 is 0 Å². The zero-order valence-electron chi connectivity index (χ0n) is 11.2. The van der Waals surface area contributed by atoms with Crippen molar-refractivity contribution < 1.29 is 9.18 Å². The molecule has 4 heteroatoms. The first-order chi connectivity index (χ1) is 8.89. The molecule has 0 amide bonds. The Bertz CT molecular complexity index is 523. The van der Waals surface area contributed by atoms with Gasteiger partial charge in [-0.05, 0) is 38.3 Å². The summed E-state index contributed by atoms with van der Waals surface area (Å²) in [6.07, 6.45) is 5.52. The largest absolute Gasteiger partial charge is 0.239 e. The van der Waals surface area contributed by atoms with Gasteiger partial charge in [0.15, 0.2) is 0 Å². The molecule has 1 saturated carbocycles. The highest BCUT2D eigenvalue weighted by atomic mass is 79.9. The van der Waals surface area contributed by atoms with Gasteiger partial charge in [0.25, 0.3) is 0 Å². The van der Waals surface area contributed by atoms with Crippen LogP contribution in [0, 0.1) is 0 Å². The van der Waals surface area contributed by atoms with Gasteiger partial charge in [-0.1, -0.05) is 40.9 Å². The Balaban J connectivity index is 2.47. The van der Waals surface area contributed by atoms with Gasteiger partial charge in [0, 0.05) is 10.0 Å². The quantitative estimate of drug-likeness (QED) is 0.582. The molecule has 1 aromatic rings. The monoisotopic (exact) mass is 325 g/mol. The molecule has 1 aliphatic rings. The van der Waals surface area contributed by atoms with E-state index in [9.17, 15) is 9.18 Å². The lowest BCUT2D eigenvalue weighted by Gasteiger charge is -2.25. The standard InChI is InChI=1S/C15H17BrFNO/c1-14(2,17)12-6-5-11(9-13(12)16)15(18-10-19)7-3-4-8-15/h5-6,9H,3-4,7-8H2,1-2H3. The van der Waals surface area contributed by atoms with E-state index in [4.69, 9.17) is 0 Å². The molecule has 2 nitrogen and oxygen atoms in total. The first-order valence-electron chi connectivity index (χ1n) is 6.47. The van der Waals surface area contributed by atoms with Crippen LogP contribution < -0.4 is 0 Å². The van der Waals surface area contributed by atoms with Crippen LogP contribution in [0.1, 0.15) is 50.7 Å². The van der Waals surface area contributed by atoms with E-state index < -0.39 is 11.2 Å². The molecule has 0 aromatic heterocycles. The normalized spacial score (nSPS) is 18.1. The number of hydrogen-bond donors (Lipinski definition) is 0. The first kappa shape index (κ1) is 14.4. The van der Waals surface area contributed by atoms with Crippen molar-refractivity contribution in [3.05, 3.63) is 33.8 Å². The van der Waals surface area contributed by atoms with Crippen LogP contribution in [-0.2, 0) is 16.0 Å². The van der Waals surface area contributed by atoms with Crippen LogP contribution in [0.15, 0.2) is 27.7 Å². The van der Waals surface area contributed by atoms with Gasteiger partial charge in [-0.25, -0.2) is 9.18 Å². The first-order valence-corrected chi connectivity index (χ1v) is 7.27. The molecular formula is C15H17BrFNO. The molecule has 102 valence electrons. The Labute approximate surface area is 121 Å². The van der Waals surface area contributed by atoms with Crippen LogP contribution in [-0.4, -0.2) is 6.08 Å². The maximum absolute atomic E-state index is 14.0. The van der Waals surface area contributed by atoms with Gasteiger partial charge in [0.2, 0.25) is 6.08 Å². The minimum atomic E-state index is -1.39. The van der Waals surface area contributed by atoms with E-state index in [1.807, 2.05) is 12.1 Å². The lowest BCUT2D eigenvalue weighted by molar-refractivity contribution is 0.220. The third kappa shape index (κ3) is 2.80. The molecule has 0 atom stereocenters. The number of alkyl halides is 1. The molecule has 1 aliphatic carbocycles. The second kappa shape index (κ2) is 5.18. The van der Waals surface area contributed by atoms with E-state index in [2.05, 4.69) is 20.9 Å². The SMILES string of the molecule is CC(C)(F)c1ccc(C2(N=C=O)CCCC2)cc1Br. The van der Waals surface area contributed by atoms with Gasteiger partial charge in [-0.3, -0.25) is 0 Å². The summed E-state index contributed by atoms with van der Waals surface area (Å²) in [5.74, 6) is 0. The fourth-order valence-electron chi connectivity index (χ4n) is 2.80. The maximum atomic E-state index is 14.0. The molecule has 0 saturated heterocycles. The highest BCUT2D eigenvalue weighted by Crippen LogP contribution is 2.44. The van der Waals surface area contributed by atoms with Crippen LogP contribution >= 0.6 is 15.9 Å². The summed E-state index contributed by atoms with van der Waals surface area (Å²) in [4.78, 5) is 14.7. The third-order valence-corrected chi connectivity index (χ3v) is 4.49. The van der Waals surface area contributed by atoms with Crippen LogP contribution in [0.25, 0.3) is 0 Å². The van der Waals surface area contributed by atoms with Crippen LogP contribution in [0.5, 0.6) is 0 Å². The van der Waals surface area contributed by atoms with E-state index in [1.54, 1.807) is 12.1 Å². The molecule has 0 spiro atoms. The smallest absolute Gasteiger partial charge is 0.235 e. The van der Waals surface area contributed by atoms with Crippen molar-refractivity contribution in [3.63, 3.8) is 0 Å². The fourth-order valence-corrected chi connectivity index (χ4v) is 3.65. The summed E-state index contributed by atoms with van der Waals surface area (Å²) in [7, 11) is 0. The van der Waals surface area contributed by atoms with Crippen LogP contribution in [0.3, 0.4) is 0 Å². The number of isocyanates is 1.